The van der Waals surface area contributed by atoms with Crippen molar-refractivity contribution in [1.82, 2.24) is 4.90 Å². The van der Waals surface area contributed by atoms with Gasteiger partial charge in [0.15, 0.2) is 0 Å². The van der Waals surface area contributed by atoms with E-state index in [1.165, 1.54) is 6.92 Å². The monoisotopic (exact) mass is 421 g/mol. The fourth-order valence-corrected chi connectivity index (χ4v) is 7.95. The van der Waals surface area contributed by atoms with E-state index in [1.807, 2.05) is 0 Å². The highest BCUT2D eigenvalue weighted by atomic mass is 31.2. The number of nitrogens with zero attached hydrogens (tertiary/aromatic N) is 1. The zero-order valence-electron chi connectivity index (χ0n) is 11.7. The van der Waals surface area contributed by atoms with Gasteiger partial charge in [-0.15, -0.1) is 0 Å². The van der Waals surface area contributed by atoms with E-state index in [9.17, 15) is 18.3 Å². The summed E-state index contributed by atoms with van der Waals surface area (Å²) in [5.74, 6) is 0. The lowest BCUT2D eigenvalue weighted by Crippen LogP contribution is -2.43. The molecule has 8 N–H and O–H groups in total. The van der Waals surface area contributed by atoms with Gasteiger partial charge in [-0.1, -0.05) is 13.3 Å². The van der Waals surface area contributed by atoms with Crippen molar-refractivity contribution in [3.8, 4) is 0 Å². The Balaban J connectivity index is 6.39. The van der Waals surface area contributed by atoms with Gasteiger partial charge in [0, 0.05) is 6.54 Å². The van der Waals surface area contributed by atoms with E-state index >= 15 is 0 Å². The van der Waals surface area contributed by atoms with Gasteiger partial charge in [0.05, 0.1) is 0 Å². The van der Waals surface area contributed by atoms with Crippen molar-refractivity contribution in [2.24, 2.45) is 0 Å². The van der Waals surface area contributed by atoms with E-state index in [0.29, 0.717) is 0 Å². The Hall–Kier alpha value is 0.560. The van der Waals surface area contributed by atoms with Crippen LogP contribution in [0.3, 0.4) is 0 Å². The quantitative estimate of drug-likeness (QED) is 0.217. The predicted octanol–water partition coefficient (Wildman–Crippen LogP) is -0.634. The van der Waals surface area contributed by atoms with Crippen LogP contribution in [0.1, 0.15) is 19.8 Å². The zero-order chi connectivity index (χ0) is 18.9. The molecule has 0 saturated carbocycles. The van der Waals surface area contributed by atoms with Gasteiger partial charge in [-0.05, 0) is 6.42 Å². The van der Waals surface area contributed by atoms with Crippen molar-refractivity contribution in [2.75, 3.05) is 6.54 Å². The van der Waals surface area contributed by atoms with E-state index in [1.54, 1.807) is 0 Å². The Morgan fingerprint density at radius 1 is 0.696 bits per heavy atom. The smallest absolute Gasteiger partial charge is 0.323 e. The van der Waals surface area contributed by atoms with Gasteiger partial charge < -0.3 is 39.1 Å². The molecule has 0 spiro atoms. The first-order valence-electron chi connectivity index (χ1n) is 5.90. The zero-order valence-corrected chi connectivity index (χ0v) is 15.3. The predicted molar refractivity (Wildman–Crippen MR) is 77.4 cm³/mol. The maximum Gasteiger partial charge on any atom is 0.355 e. The van der Waals surface area contributed by atoms with Crippen molar-refractivity contribution in [3.63, 3.8) is 0 Å². The SMILES string of the molecule is CCCCN(C(P(=O)(O)O)P(=O)(O)O)C(P(=O)(O)O)P(=O)(O)O. The van der Waals surface area contributed by atoms with Crippen molar-refractivity contribution >= 4 is 30.4 Å². The van der Waals surface area contributed by atoms with E-state index in [4.69, 9.17) is 39.1 Å². The summed E-state index contributed by atoms with van der Waals surface area (Å²) in [7, 11) is -22.8. The molecule has 13 nitrogen and oxygen atoms in total. The number of hydrogen-bond donors (Lipinski definition) is 8. The average molecular weight is 421 g/mol. The van der Waals surface area contributed by atoms with Crippen molar-refractivity contribution in [2.45, 2.75) is 30.8 Å². The van der Waals surface area contributed by atoms with Gasteiger partial charge in [0.2, 0.25) is 11.0 Å². The Bertz CT molecular complexity index is 490. The van der Waals surface area contributed by atoms with Gasteiger partial charge >= 0.3 is 30.4 Å². The number of unbranched alkanes of at least 4 members (excludes halogenated alkanes) is 1. The molecule has 0 fully saturated rings. The third kappa shape index (κ3) is 7.13. The second-order valence-corrected chi connectivity index (χ2v) is 12.1. The van der Waals surface area contributed by atoms with Crippen LogP contribution in [0.25, 0.3) is 0 Å². The molecule has 0 rings (SSSR count). The summed E-state index contributed by atoms with van der Waals surface area (Å²) < 4.78 is 45.6. The lowest BCUT2D eigenvalue weighted by atomic mass is 10.3. The molecule has 0 bridgehead atoms. The van der Waals surface area contributed by atoms with Crippen LogP contribution in [-0.2, 0) is 18.3 Å². The number of rotatable bonds is 9. The average Bonchev–Trinajstić information content (AvgIpc) is 2.17. The molecule has 23 heavy (non-hydrogen) atoms. The molecule has 17 heteroatoms. The molecule has 0 radical (unpaired) electrons. The molecule has 140 valence electrons. The summed E-state index contributed by atoms with van der Waals surface area (Å²) in [5.41, 5.74) is -6.18. The fourth-order valence-electron chi connectivity index (χ4n) is 1.86. The van der Waals surface area contributed by atoms with E-state index < -0.39 is 48.0 Å². The molecule has 0 saturated heterocycles. The second-order valence-electron chi connectivity index (χ2n) is 4.64. The first-order valence-corrected chi connectivity index (χ1v) is 12.6. The van der Waals surface area contributed by atoms with Crippen molar-refractivity contribution in [3.05, 3.63) is 0 Å². The third-order valence-corrected chi connectivity index (χ3v) is 9.77. The van der Waals surface area contributed by atoms with E-state index in [0.717, 1.165) is 0 Å². The van der Waals surface area contributed by atoms with Gasteiger partial charge in [-0.2, -0.15) is 0 Å². The first-order chi connectivity index (χ1) is 9.94. The summed E-state index contributed by atoms with van der Waals surface area (Å²) >= 11 is 0. The molecular formula is C6H19NO12P4. The fraction of sp³-hybridized carbons (Fsp3) is 1.00. The summed E-state index contributed by atoms with van der Waals surface area (Å²) in [6.07, 6.45) is 0.160. The Morgan fingerprint density at radius 2 is 0.957 bits per heavy atom. The molecule has 0 aromatic heterocycles. The standard InChI is InChI=1S/C6H19NO12P4/c1-2-3-4-7(5(20(8,9)10)21(11,12)13)6(22(14,15)16)23(17,18)19/h5-6H,2-4H2,1H3,(H2,8,9,10)(H2,11,12,13)(H2,14,15,16)(H2,17,18,19). The lowest BCUT2D eigenvalue weighted by Gasteiger charge is -2.37. The molecule has 0 atom stereocenters. The Kier molecular flexibility index (Phi) is 8.04. The van der Waals surface area contributed by atoms with Crippen LogP contribution >= 0.6 is 30.4 Å². The topological polar surface area (TPSA) is 233 Å². The summed E-state index contributed by atoms with van der Waals surface area (Å²) in [4.78, 5) is 72.9. The summed E-state index contributed by atoms with van der Waals surface area (Å²) in [6.45, 7) is 0.768. The second kappa shape index (κ2) is 7.85. The first kappa shape index (κ1) is 23.6. The minimum absolute atomic E-state index is 0.0903. The largest absolute Gasteiger partial charge is 0.355 e. The lowest BCUT2D eigenvalue weighted by molar-refractivity contribution is 0.198. The van der Waals surface area contributed by atoms with Gasteiger partial charge in [0.25, 0.3) is 0 Å². The Labute approximate surface area is 131 Å². The maximum absolute atomic E-state index is 11.4. The molecule has 0 aromatic rings. The molecule has 0 aromatic carbocycles. The molecule has 0 aliphatic carbocycles. The van der Waals surface area contributed by atoms with Crippen LogP contribution in [0.4, 0.5) is 0 Å². The molecule has 0 heterocycles. The molecule has 0 amide bonds. The highest BCUT2D eigenvalue weighted by molar-refractivity contribution is 7.72. The van der Waals surface area contributed by atoms with Crippen LogP contribution in [0.5, 0.6) is 0 Å². The normalized spacial score (nSPS) is 15.0. The minimum atomic E-state index is -5.71. The number of hydrogen-bond acceptors (Lipinski definition) is 5. The van der Waals surface area contributed by atoms with Crippen LogP contribution in [0.15, 0.2) is 0 Å². The van der Waals surface area contributed by atoms with Crippen LogP contribution in [-0.4, -0.2) is 61.6 Å². The highest BCUT2D eigenvalue weighted by Gasteiger charge is 2.58. The Morgan fingerprint density at radius 3 is 1.13 bits per heavy atom. The van der Waals surface area contributed by atoms with Crippen molar-refractivity contribution < 1.29 is 57.4 Å². The molecule has 0 aliphatic heterocycles. The van der Waals surface area contributed by atoms with E-state index in [2.05, 4.69) is 0 Å². The minimum Gasteiger partial charge on any atom is -0.323 e. The van der Waals surface area contributed by atoms with E-state index in [-0.39, 0.29) is 17.7 Å². The van der Waals surface area contributed by atoms with Crippen molar-refractivity contribution in [1.29, 1.82) is 0 Å². The van der Waals surface area contributed by atoms with Crippen LogP contribution in [0, 0.1) is 0 Å². The molecule has 0 aliphatic rings. The third-order valence-electron chi connectivity index (χ3n) is 2.57. The maximum atomic E-state index is 11.4. The van der Waals surface area contributed by atoms with Crippen LogP contribution < -0.4 is 0 Å². The van der Waals surface area contributed by atoms with Crippen LogP contribution in [0.2, 0.25) is 0 Å². The van der Waals surface area contributed by atoms with Gasteiger partial charge in [-0.3, -0.25) is 23.2 Å². The van der Waals surface area contributed by atoms with Gasteiger partial charge in [0.1, 0.15) is 0 Å². The molecule has 0 unspecified atom stereocenters. The summed E-state index contributed by atoms with van der Waals surface area (Å²) in [6, 6.07) is 0. The molecular weight excluding hydrogens is 402 g/mol. The van der Waals surface area contributed by atoms with Gasteiger partial charge in [-0.25, -0.2) is 0 Å². The summed E-state index contributed by atoms with van der Waals surface area (Å²) in [5, 5.41) is 0. The highest BCUT2D eigenvalue weighted by Crippen LogP contribution is 2.68.